The van der Waals surface area contributed by atoms with Gasteiger partial charge in [0.25, 0.3) is 0 Å². The van der Waals surface area contributed by atoms with Crippen molar-refractivity contribution in [3.8, 4) is 18.4 Å². The number of nitriles is 1. The van der Waals surface area contributed by atoms with Gasteiger partial charge in [0.15, 0.2) is 0 Å². The lowest BCUT2D eigenvalue weighted by Crippen LogP contribution is -2.19. The summed E-state index contributed by atoms with van der Waals surface area (Å²) in [6, 6.07) is 10.5. The summed E-state index contributed by atoms with van der Waals surface area (Å²) in [5.41, 5.74) is 2.01. The fourth-order valence-corrected chi connectivity index (χ4v) is 2.20. The molecule has 0 saturated carbocycles. The number of benzene rings is 1. The maximum atomic E-state index is 9.25. The van der Waals surface area contributed by atoms with E-state index >= 15 is 0 Å². The first-order chi connectivity index (χ1) is 6.82. The Morgan fingerprint density at radius 3 is 2.93 bits per heavy atom. The van der Waals surface area contributed by atoms with Crippen LogP contribution < -0.4 is 0 Å². The van der Waals surface area contributed by atoms with E-state index in [0.29, 0.717) is 6.42 Å². The molecule has 0 aromatic heterocycles. The van der Waals surface area contributed by atoms with Crippen molar-refractivity contribution in [3.63, 3.8) is 0 Å². The fourth-order valence-electron chi connectivity index (χ4n) is 2.20. The standard InChI is InChI=1S/C13H11N/c1-2-8-13(10-14)9-7-11-5-3-4-6-12(11)13/h1,3-6H,7-9H2. The predicted octanol–water partition coefficient (Wildman–Crippen LogP) is 2.42. The lowest BCUT2D eigenvalue weighted by molar-refractivity contribution is 0.561. The normalized spacial score (nSPS) is 23.6. The lowest BCUT2D eigenvalue weighted by Gasteiger charge is -2.18. The van der Waals surface area contributed by atoms with Crippen LogP contribution in [0.3, 0.4) is 0 Å². The molecule has 1 heteroatoms. The van der Waals surface area contributed by atoms with Gasteiger partial charge in [-0.1, -0.05) is 24.3 Å². The van der Waals surface area contributed by atoms with E-state index in [1.807, 2.05) is 18.2 Å². The molecule has 1 aliphatic rings. The summed E-state index contributed by atoms with van der Waals surface area (Å²) < 4.78 is 0. The number of aryl methyl sites for hydroxylation is 1. The van der Waals surface area contributed by atoms with Gasteiger partial charge in [-0.2, -0.15) is 5.26 Å². The third kappa shape index (κ3) is 1.10. The van der Waals surface area contributed by atoms with Crippen LogP contribution in [0.15, 0.2) is 24.3 Å². The summed E-state index contributed by atoms with van der Waals surface area (Å²) in [6.45, 7) is 0. The minimum atomic E-state index is -0.411. The van der Waals surface area contributed by atoms with Crippen LogP contribution >= 0.6 is 0 Å². The first kappa shape index (κ1) is 8.85. The Bertz CT molecular complexity index is 433. The minimum absolute atomic E-state index is 0.411. The zero-order chi connectivity index (χ0) is 10.0. The highest BCUT2D eigenvalue weighted by Crippen LogP contribution is 2.40. The van der Waals surface area contributed by atoms with E-state index in [1.165, 1.54) is 5.56 Å². The molecule has 1 nitrogen and oxygen atoms in total. The molecule has 0 saturated heterocycles. The van der Waals surface area contributed by atoms with Gasteiger partial charge in [-0.3, -0.25) is 0 Å². The Balaban J connectivity index is 2.52. The predicted molar refractivity (Wildman–Crippen MR) is 55.5 cm³/mol. The highest BCUT2D eigenvalue weighted by molar-refractivity contribution is 5.45. The van der Waals surface area contributed by atoms with Crippen LogP contribution in [0.5, 0.6) is 0 Å². The topological polar surface area (TPSA) is 23.8 Å². The number of rotatable bonds is 1. The van der Waals surface area contributed by atoms with E-state index in [2.05, 4.69) is 18.1 Å². The van der Waals surface area contributed by atoms with Gasteiger partial charge in [0.2, 0.25) is 0 Å². The van der Waals surface area contributed by atoms with Crippen LogP contribution in [0.25, 0.3) is 0 Å². The molecule has 1 aliphatic carbocycles. The fraction of sp³-hybridized carbons (Fsp3) is 0.308. The summed E-state index contributed by atoms with van der Waals surface area (Å²) in [5, 5.41) is 9.25. The van der Waals surface area contributed by atoms with Crippen molar-refractivity contribution in [2.24, 2.45) is 0 Å². The highest BCUT2D eigenvalue weighted by Gasteiger charge is 2.37. The summed E-state index contributed by atoms with van der Waals surface area (Å²) in [5.74, 6) is 2.62. The molecule has 0 heterocycles. The second-order valence-electron chi connectivity index (χ2n) is 3.73. The largest absolute Gasteiger partial charge is 0.197 e. The first-order valence-electron chi connectivity index (χ1n) is 4.75. The molecule has 1 aromatic carbocycles. The molecular weight excluding hydrogens is 170 g/mol. The molecule has 2 rings (SSSR count). The van der Waals surface area contributed by atoms with Gasteiger partial charge >= 0.3 is 0 Å². The molecular formula is C13H11N. The van der Waals surface area contributed by atoms with Gasteiger partial charge < -0.3 is 0 Å². The molecule has 1 aromatic rings. The molecule has 1 atom stereocenters. The first-order valence-corrected chi connectivity index (χ1v) is 4.75. The number of fused-ring (bicyclic) bond motifs is 1. The monoisotopic (exact) mass is 181 g/mol. The molecule has 0 aliphatic heterocycles. The molecule has 0 radical (unpaired) electrons. The Morgan fingerprint density at radius 1 is 1.43 bits per heavy atom. The highest BCUT2D eigenvalue weighted by atomic mass is 14.4. The van der Waals surface area contributed by atoms with E-state index in [4.69, 9.17) is 6.42 Å². The second kappa shape index (κ2) is 3.20. The van der Waals surface area contributed by atoms with Crippen molar-refractivity contribution in [2.75, 3.05) is 0 Å². The number of hydrogen-bond acceptors (Lipinski definition) is 1. The quantitative estimate of drug-likeness (QED) is 0.610. The number of hydrogen-bond donors (Lipinski definition) is 0. The van der Waals surface area contributed by atoms with E-state index in [-0.39, 0.29) is 0 Å². The van der Waals surface area contributed by atoms with Crippen molar-refractivity contribution in [3.05, 3.63) is 35.4 Å². The van der Waals surface area contributed by atoms with Crippen molar-refractivity contribution < 1.29 is 0 Å². The average molecular weight is 181 g/mol. The van der Waals surface area contributed by atoms with Crippen LogP contribution in [0, 0.1) is 23.7 Å². The zero-order valence-electron chi connectivity index (χ0n) is 7.96. The Hall–Kier alpha value is -1.73. The van der Waals surface area contributed by atoms with Crippen LogP contribution in [0.4, 0.5) is 0 Å². The van der Waals surface area contributed by atoms with E-state index in [9.17, 15) is 5.26 Å². The van der Waals surface area contributed by atoms with Crippen LogP contribution in [-0.2, 0) is 11.8 Å². The van der Waals surface area contributed by atoms with Crippen molar-refractivity contribution >= 4 is 0 Å². The Kier molecular flexibility index (Phi) is 2.02. The molecule has 0 N–H and O–H groups in total. The lowest BCUT2D eigenvalue weighted by atomic mass is 9.81. The van der Waals surface area contributed by atoms with Crippen LogP contribution in [-0.4, -0.2) is 0 Å². The minimum Gasteiger partial charge on any atom is -0.197 e. The number of nitrogens with zero attached hydrogens (tertiary/aromatic N) is 1. The molecule has 1 unspecified atom stereocenters. The Labute approximate surface area is 84.4 Å². The molecule has 0 bridgehead atoms. The van der Waals surface area contributed by atoms with Gasteiger partial charge in [0.1, 0.15) is 0 Å². The summed E-state index contributed by atoms with van der Waals surface area (Å²) in [4.78, 5) is 0. The summed E-state index contributed by atoms with van der Waals surface area (Å²) >= 11 is 0. The molecule has 14 heavy (non-hydrogen) atoms. The molecule has 68 valence electrons. The zero-order valence-corrected chi connectivity index (χ0v) is 7.96. The maximum Gasteiger partial charge on any atom is 0.0936 e. The second-order valence-corrected chi connectivity index (χ2v) is 3.73. The molecule has 0 spiro atoms. The van der Waals surface area contributed by atoms with Gasteiger partial charge in [0, 0.05) is 6.42 Å². The van der Waals surface area contributed by atoms with Crippen LogP contribution in [0.1, 0.15) is 24.0 Å². The Morgan fingerprint density at radius 2 is 2.21 bits per heavy atom. The average Bonchev–Trinajstić information content (AvgIpc) is 2.59. The van der Waals surface area contributed by atoms with E-state index in [1.54, 1.807) is 0 Å². The van der Waals surface area contributed by atoms with Crippen molar-refractivity contribution in [1.29, 1.82) is 5.26 Å². The van der Waals surface area contributed by atoms with Gasteiger partial charge in [-0.25, -0.2) is 0 Å². The number of terminal acetylenes is 1. The molecule has 0 amide bonds. The smallest absolute Gasteiger partial charge is 0.0936 e. The third-order valence-electron chi connectivity index (χ3n) is 2.97. The SMILES string of the molecule is C#CCC1(C#N)CCc2ccccc21. The van der Waals surface area contributed by atoms with E-state index < -0.39 is 5.41 Å². The van der Waals surface area contributed by atoms with E-state index in [0.717, 1.165) is 18.4 Å². The van der Waals surface area contributed by atoms with Crippen molar-refractivity contribution in [1.82, 2.24) is 0 Å². The summed E-state index contributed by atoms with van der Waals surface area (Å²) in [6.07, 6.45) is 7.70. The van der Waals surface area contributed by atoms with Gasteiger partial charge in [0.05, 0.1) is 11.5 Å². The third-order valence-corrected chi connectivity index (χ3v) is 2.97. The van der Waals surface area contributed by atoms with Crippen LogP contribution in [0.2, 0.25) is 0 Å². The summed E-state index contributed by atoms with van der Waals surface area (Å²) in [7, 11) is 0. The molecule has 0 fully saturated rings. The van der Waals surface area contributed by atoms with Crippen molar-refractivity contribution in [2.45, 2.75) is 24.7 Å². The van der Waals surface area contributed by atoms with Gasteiger partial charge in [-0.05, 0) is 24.0 Å². The van der Waals surface area contributed by atoms with Gasteiger partial charge in [-0.15, -0.1) is 12.3 Å². The maximum absolute atomic E-state index is 9.25.